The summed E-state index contributed by atoms with van der Waals surface area (Å²) in [4.78, 5) is 0. The molecule has 0 aromatic heterocycles. The van der Waals surface area contributed by atoms with Gasteiger partial charge in [-0.25, -0.2) is 0 Å². The van der Waals surface area contributed by atoms with Gasteiger partial charge in [0.05, 0.1) is 0 Å². The van der Waals surface area contributed by atoms with Crippen molar-refractivity contribution in [1.82, 2.24) is 0 Å². The summed E-state index contributed by atoms with van der Waals surface area (Å²) in [6.45, 7) is 1.58. The normalized spacial score (nSPS) is 35.2. The van der Waals surface area contributed by atoms with E-state index < -0.39 is 17.5 Å². The third-order valence-corrected chi connectivity index (χ3v) is 2.32. The van der Waals surface area contributed by atoms with E-state index in [1.807, 2.05) is 0 Å². The van der Waals surface area contributed by atoms with E-state index in [0.29, 0.717) is 0 Å². The molecule has 1 saturated carbocycles. The molecule has 0 aromatic rings. The SMILES string of the molecule is CC1CC(O)(O)CCC1(O)O. The van der Waals surface area contributed by atoms with Crippen molar-refractivity contribution in [3.8, 4) is 0 Å². The van der Waals surface area contributed by atoms with Crippen molar-refractivity contribution in [2.75, 3.05) is 0 Å². The van der Waals surface area contributed by atoms with Gasteiger partial charge in [0.2, 0.25) is 0 Å². The van der Waals surface area contributed by atoms with E-state index >= 15 is 0 Å². The highest BCUT2D eigenvalue weighted by molar-refractivity contribution is 4.85. The van der Waals surface area contributed by atoms with Crippen LogP contribution in [0.5, 0.6) is 0 Å². The molecular formula is C7H14O4. The molecule has 1 aliphatic carbocycles. The molecule has 0 heterocycles. The molecule has 0 spiro atoms. The van der Waals surface area contributed by atoms with Gasteiger partial charge in [0.1, 0.15) is 0 Å². The Hall–Kier alpha value is -0.160. The lowest BCUT2D eigenvalue weighted by molar-refractivity contribution is -0.281. The Morgan fingerprint density at radius 2 is 1.64 bits per heavy atom. The fourth-order valence-electron chi connectivity index (χ4n) is 1.39. The minimum atomic E-state index is -1.73. The Morgan fingerprint density at radius 3 is 2.00 bits per heavy atom. The van der Waals surface area contributed by atoms with E-state index in [-0.39, 0.29) is 19.3 Å². The minimum Gasteiger partial charge on any atom is -0.366 e. The molecule has 0 radical (unpaired) electrons. The number of rotatable bonds is 0. The first-order chi connectivity index (χ1) is 4.83. The zero-order valence-electron chi connectivity index (χ0n) is 6.49. The average Bonchev–Trinajstić information content (AvgIpc) is 1.81. The largest absolute Gasteiger partial charge is 0.366 e. The van der Waals surface area contributed by atoms with Crippen molar-refractivity contribution in [1.29, 1.82) is 0 Å². The van der Waals surface area contributed by atoms with E-state index in [2.05, 4.69) is 0 Å². The van der Waals surface area contributed by atoms with E-state index in [1.54, 1.807) is 6.92 Å². The molecule has 1 fully saturated rings. The van der Waals surface area contributed by atoms with E-state index in [0.717, 1.165) is 0 Å². The van der Waals surface area contributed by atoms with E-state index in [4.69, 9.17) is 10.2 Å². The number of aliphatic hydroxyl groups is 4. The minimum absolute atomic E-state index is 0.0139. The second kappa shape index (κ2) is 2.42. The zero-order valence-corrected chi connectivity index (χ0v) is 6.49. The van der Waals surface area contributed by atoms with Crippen LogP contribution in [0, 0.1) is 5.92 Å². The van der Waals surface area contributed by atoms with Gasteiger partial charge < -0.3 is 20.4 Å². The lowest BCUT2D eigenvalue weighted by Crippen LogP contribution is -2.48. The molecule has 1 atom stereocenters. The molecule has 1 aliphatic rings. The van der Waals surface area contributed by atoms with E-state index in [9.17, 15) is 10.2 Å². The van der Waals surface area contributed by atoms with Crippen LogP contribution in [-0.2, 0) is 0 Å². The van der Waals surface area contributed by atoms with Crippen LogP contribution in [0.4, 0.5) is 0 Å². The van der Waals surface area contributed by atoms with Crippen molar-refractivity contribution in [3.05, 3.63) is 0 Å². The van der Waals surface area contributed by atoms with Gasteiger partial charge in [0, 0.05) is 25.2 Å². The van der Waals surface area contributed by atoms with Crippen LogP contribution in [0.15, 0.2) is 0 Å². The van der Waals surface area contributed by atoms with Crippen molar-refractivity contribution in [2.24, 2.45) is 5.92 Å². The summed E-state index contributed by atoms with van der Waals surface area (Å²) in [7, 11) is 0. The van der Waals surface area contributed by atoms with Crippen LogP contribution in [0.2, 0.25) is 0 Å². The first-order valence-electron chi connectivity index (χ1n) is 3.73. The average molecular weight is 162 g/mol. The highest BCUT2D eigenvalue weighted by Gasteiger charge is 2.43. The molecule has 4 heteroatoms. The fraction of sp³-hybridized carbons (Fsp3) is 1.00. The highest BCUT2D eigenvalue weighted by atomic mass is 16.5. The summed E-state index contributed by atoms with van der Waals surface area (Å²) < 4.78 is 0. The predicted octanol–water partition coefficient (Wildman–Crippen LogP) is -0.832. The molecule has 0 aliphatic heterocycles. The summed E-state index contributed by atoms with van der Waals surface area (Å²) in [5, 5.41) is 36.6. The van der Waals surface area contributed by atoms with Crippen molar-refractivity contribution < 1.29 is 20.4 Å². The molecule has 0 aromatic carbocycles. The second-order valence-electron chi connectivity index (χ2n) is 3.47. The van der Waals surface area contributed by atoms with Crippen LogP contribution in [-0.4, -0.2) is 32.0 Å². The molecule has 0 amide bonds. The summed E-state index contributed by atoms with van der Waals surface area (Å²) >= 11 is 0. The van der Waals surface area contributed by atoms with Gasteiger partial charge in [-0.05, 0) is 0 Å². The number of hydrogen-bond donors (Lipinski definition) is 4. The first kappa shape index (κ1) is 8.93. The van der Waals surface area contributed by atoms with Crippen LogP contribution in [0.25, 0.3) is 0 Å². The van der Waals surface area contributed by atoms with Gasteiger partial charge >= 0.3 is 0 Å². The number of hydrogen-bond acceptors (Lipinski definition) is 4. The Balaban J connectivity index is 2.63. The molecule has 0 saturated heterocycles. The monoisotopic (exact) mass is 162 g/mol. The predicted molar refractivity (Wildman–Crippen MR) is 37.4 cm³/mol. The maximum atomic E-state index is 9.21. The molecule has 66 valence electrons. The molecule has 11 heavy (non-hydrogen) atoms. The van der Waals surface area contributed by atoms with Gasteiger partial charge in [-0.2, -0.15) is 0 Å². The fourth-order valence-corrected chi connectivity index (χ4v) is 1.39. The highest BCUT2D eigenvalue weighted by Crippen LogP contribution is 2.35. The third kappa shape index (κ3) is 1.90. The summed E-state index contributed by atoms with van der Waals surface area (Å²) in [5.41, 5.74) is 0. The Bertz CT molecular complexity index is 153. The lowest BCUT2D eigenvalue weighted by Gasteiger charge is -2.39. The van der Waals surface area contributed by atoms with Gasteiger partial charge in [-0.3, -0.25) is 0 Å². The molecule has 1 rings (SSSR count). The van der Waals surface area contributed by atoms with Crippen LogP contribution < -0.4 is 0 Å². The molecule has 1 unspecified atom stereocenters. The zero-order chi connectivity index (χ0) is 8.70. The molecule has 4 N–H and O–H groups in total. The smallest absolute Gasteiger partial charge is 0.165 e. The van der Waals surface area contributed by atoms with Crippen LogP contribution in [0.3, 0.4) is 0 Å². The third-order valence-electron chi connectivity index (χ3n) is 2.32. The maximum absolute atomic E-state index is 9.21. The Morgan fingerprint density at radius 1 is 1.09 bits per heavy atom. The standard InChI is InChI=1S/C7H14O4/c1-5-4-6(8,9)2-3-7(5,10)11/h5,8-11H,2-4H2,1H3. The van der Waals surface area contributed by atoms with Crippen LogP contribution in [0.1, 0.15) is 26.2 Å². The van der Waals surface area contributed by atoms with Gasteiger partial charge in [-0.15, -0.1) is 0 Å². The summed E-state index contributed by atoms with van der Waals surface area (Å²) in [6, 6.07) is 0. The van der Waals surface area contributed by atoms with Crippen LogP contribution >= 0.6 is 0 Å². The summed E-state index contributed by atoms with van der Waals surface area (Å²) in [6.07, 6.45) is 0.0471. The summed E-state index contributed by atoms with van der Waals surface area (Å²) in [5.74, 6) is -3.94. The van der Waals surface area contributed by atoms with Crippen molar-refractivity contribution >= 4 is 0 Å². The Kier molecular flexibility index (Phi) is 1.96. The molecule has 4 nitrogen and oxygen atoms in total. The second-order valence-corrected chi connectivity index (χ2v) is 3.47. The topological polar surface area (TPSA) is 80.9 Å². The molecule has 0 bridgehead atoms. The van der Waals surface area contributed by atoms with Gasteiger partial charge in [0.15, 0.2) is 11.6 Å². The van der Waals surface area contributed by atoms with Gasteiger partial charge in [-0.1, -0.05) is 6.92 Å². The quantitative estimate of drug-likeness (QED) is 0.350. The van der Waals surface area contributed by atoms with Crippen molar-refractivity contribution in [3.63, 3.8) is 0 Å². The van der Waals surface area contributed by atoms with E-state index in [1.165, 1.54) is 0 Å². The maximum Gasteiger partial charge on any atom is 0.165 e. The lowest BCUT2D eigenvalue weighted by atomic mass is 9.81. The van der Waals surface area contributed by atoms with Crippen molar-refractivity contribution in [2.45, 2.75) is 37.8 Å². The van der Waals surface area contributed by atoms with Gasteiger partial charge in [0.25, 0.3) is 0 Å². The first-order valence-corrected chi connectivity index (χ1v) is 3.73. The Labute approximate surface area is 65.1 Å². The molecular weight excluding hydrogens is 148 g/mol.